The number of nitrogens with zero attached hydrogens (tertiary/aromatic N) is 6. The maximum absolute atomic E-state index is 15.8. The summed E-state index contributed by atoms with van der Waals surface area (Å²) in [5, 5.41) is 11.2. The van der Waals surface area contributed by atoms with Crippen LogP contribution >= 0.6 is 11.8 Å². The number of thioether (sulfide) groups is 1. The third-order valence-electron chi connectivity index (χ3n) is 7.19. The van der Waals surface area contributed by atoms with Gasteiger partial charge in [-0.2, -0.15) is 4.98 Å². The van der Waals surface area contributed by atoms with Gasteiger partial charge >= 0.3 is 5.69 Å². The van der Waals surface area contributed by atoms with Gasteiger partial charge in [-0.05, 0) is 55.5 Å². The Morgan fingerprint density at radius 1 is 1.22 bits per heavy atom. The van der Waals surface area contributed by atoms with E-state index in [4.69, 9.17) is 0 Å². The number of amides is 1. The Kier molecular flexibility index (Phi) is 7.76. The molecule has 3 aromatic heterocycles. The van der Waals surface area contributed by atoms with Gasteiger partial charge < -0.3 is 14.9 Å². The van der Waals surface area contributed by atoms with Crippen LogP contribution < -0.4 is 10.6 Å². The topological polar surface area (TPSA) is 104 Å². The fraction of sp³-hybridized carbons (Fsp3) is 0.276. The fourth-order valence-corrected chi connectivity index (χ4v) is 5.78. The molecule has 4 heterocycles. The Hall–Kier alpha value is -4.32. The van der Waals surface area contributed by atoms with Crippen LogP contribution in [-0.2, 0) is 11.2 Å². The standard InChI is InChI=1S/C29H28F2N6O3S/c1-5-17-10-11-32-28(41-4)25(17)37-27-18(14-20(31)24(33-27)23-19(30)8-7-9-21(23)38)26(34-29(37)40)36-13-12-35(15-16(36)3)22(39)6-2/h6-11,14,16,38H,2,5,12-13,15H2,1,3-4H3/t16-/m0/s1. The Balaban J connectivity index is 1.83. The van der Waals surface area contributed by atoms with Crippen LogP contribution in [0.5, 0.6) is 5.75 Å². The molecule has 1 atom stereocenters. The molecule has 9 nitrogen and oxygen atoms in total. The number of benzene rings is 1. The van der Waals surface area contributed by atoms with E-state index in [2.05, 4.69) is 21.5 Å². The molecule has 1 aliphatic rings. The number of pyridine rings is 2. The number of halogens is 2. The molecule has 212 valence electrons. The van der Waals surface area contributed by atoms with Gasteiger partial charge in [0, 0.05) is 31.9 Å². The second-order valence-corrected chi connectivity index (χ2v) is 10.4. The van der Waals surface area contributed by atoms with Crippen LogP contribution in [0.25, 0.3) is 28.0 Å². The van der Waals surface area contributed by atoms with Gasteiger partial charge in [-0.15, -0.1) is 11.8 Å². The highest BCUT2D eigenvalue weighted by Gasteiger charge is 2.31. The number of aryl methyl sites for hydroxylation is 1. The van der Waals surface area contributed by atoms with Crippen molar-refractivity contribution < 1.29 is 18.7 Å². The molecule has 0 unspecified atom stereocenters. The highest BCUT2D eigenvalue weighted by Crippen LogP contribution is 2.37. The van der Waals surface area contributed by atoms with Crippen LogP contribution in [0.1, 0.15) is 19.4 Å². The molecule has 0 spiro atoms. The van der Waals surface area contributed by atoms with E-state index in [1.54, 1.807) is 17.2 Å². The molecule has 1 aromatic carbocycles. The number of aromatic hydroxyl groups is 1. The average Bonchev–Trinajstić information content (AvgIpc) is 2.96. The number of hydrogen-bond donors (Lipinski definition) is 1. The number of piperazine rings is 1. The first-order valence-electron chi connectivity index (χ1n) is 13.0. The van der Waals surface area contributed by atoms with Gasteiger partial charge in [0.2, 0.25) is 5.91 Å². The van der Waals surface area contributed by atoms with Gasteiger partial charge in [-0.1, -0.05) is 19.6 Å². The lowest BCUT2D eigenvalue weighted by molar-refractivity contribution is -0.126. The maximum atomic E-state index is 15.8. The van der Waals surface area contributed by atoms with Crippen molar-refractivity contribution in [1.82, 2.24) is 24.4 Å². The third kappa shape index (κ3) is 4.92. The lowest BCUT2D eigenvalue weighted by Gasteiger charge is -2.40. The van der Waals surface area contributed by atoms with E-state index < -0.39 is 34.3 Å². The lowest BCUT2D eigenvalue weighted by atomic mass is 10.1. The highest BCUT2D eigenvalue weighted by molar-refractivity contribution is 7.98. The van der Waals surface area contributed by atoms with Crippen molar-refractivity contribution in [2.24, 2.45) is 0 Å². The van der Waals surface area contributed by atoms with Crippen LogP contribution in [0, 0.1) is 11.6 Å². The molecule has 1 N–H and O–H groups in total. The van der Waals surface area contributed by atoms with Crippen molar-refractivity contribution in [3.63, 3.8) is 0 Å². The number of phenols is 1. The second kappa shape index (κ2) is 11.3. The molecule has 1 saturated heterocycles. The zero-order valence-electron chi connectivity index (χ0n) is 22.8. The molecule has 1 aliphatic heterocycles. The quantitative estimate of drug-likeness (QED) is 0.266. The fourth-order valence-electron chi connectivity index (χ4n) is 5.20. The third-order valence-corrected chi connectivity index (χ3v) is 7.87. The van der Waals surface area contributed by atoms with Crippen molar-refractivity contribution in [3.8, 4) is 22.7 Å². The number of fused-ring (bicyclic) bond motifs is 1. The number of rotatable bonds is 6. The monoisotopic (exact) mass is 578 g/mol. The molecule has 0 aliphatic carbocycles. The minimum Gasteiger partial charge on any atom is -0.507 e. The van der Waals surface area contributed by atoms with E-state index >= 15 is 4.39 Å². The summed E-state index contributed by atoms with van der Waals surface area (Å²) in [6.07, 6.45) is 5.27. The van der Waals surface area contributed by atoms with Crippen LogP contribution in [0.4, 0.5) is 14.6 Å². The smallest absolute Gasteiger partial charge is 0.355 e. The summed E-state index contributed by atoms with van der Waals surface area (Å²) in [4.78, 5) is 42.9. The average molecular weight is 579 g/mol. The Morgan fingerprint density at radius 2 is 2.00 bits per heavy atom. The minimum absolute atomic E-state index is 0.0360. The first-order valence-corrected chi connectivity index (χ1v) is 14.2. The van der Waals surface area contributed by atoms with Gasteiger partial charge in [-0.25, -0.2) is 28.1 Å². The summed E-state index contributed by atoms with van der Waals surface area (Å²) in [5.74, 6) is -2.26. The van der Waals surface area contributed by atoms with Crippen LogP contribution in [0.2, 0.25) is 0 Å². The van der Waals surface area contributed by atoms with E-state index in [1.165, 1.54) is 34.5 Å². The molecular formula is C29H28F2N6O3S. The largest absolute Gasteiger partial charge is 0.507 e. The second-order valence-electron chi connectivity index (χ2n) is 9.59. The predicted octanol–water partition coefficient (Wildman–Crippen LogP) is 4.33. The van der Waals surface area contributed by atoms with Crippen molar-refractivity contribution in [1.29, 1.82) is 0 Å². The molecule has 1 amide bonds. The van der Waals surface area contributed by atoms with E-state index in [9.17, 15) is 19.1 Å². The minimum atomic E-state index is -0.897. The molecule has 41 heavy (non-hydrogen) atoms. The van der Waals surface area contributed by atoms with Crippen molar-refractivity contribution in [2.45, 2.75) is 31.3 Å². The number of aromatic nitrogens is 4. The van der Waals surface area contributed by atoms with Gasteiger partial charge in [0.15, 0.2) is 11.5 Å². The van der Waals surface area contributed by atoms with Crippen LogP contribution in [0.3, 0.4) is 0 Å². The summed E-state index contributed by atoms with van der Waals surface area (Å²) < 4.78 is 32.0. The zero-order chi connectivity index (χ0) is 29.4. The SMILES string of the molecule is C=CC(=O)N1CCN(c2nc(=O)n(-c3c(CC)ccnc3SC)c3nc(-c4c(O)cccc4F)c(F)cc23)[C@@H](C)C1. The molecule has 12 heteroatoms. The van der Waals surface area contributed by atoms with E-state index in [0.717, 1.165) is 17.7 Å². The number of phenolic OH excluding ortho intramolecular Hbond substituents is 1. The van der Waals surface area contributed by atoms with Crippen molar-refractivity contribution >= 4 is 34.5 Å². The predicted molar refractivity (Wildman–Crippen MR) is 155 cm³/mol. The van der Waals surface area contributed by atoms with Crippen LogP contribution in [-0.4, -0.2) is 67.4 Å². The summed E-state index contributed by atoms with van der Waals surface area (Å²) in [6, 6.07) is 6.31. The number of carbonyl (C=O) groups excluding carboxylic acids is 1. The number of carbonyl (C=O) groups is 1. The first-order chi connectivity index (χ1) is 19.7. The summed E-state index contributed by atoms with van der Waals surface area (Å²) in [6.45, 7) is 8.37. The Morgan fingerprint density at radius 3 is 2.66 bits per heavy atom. The van der Waals surface area contributed by atoms with Gasteiger partial charge in [0.05, 0.1) is 16.6 Å². The Labute approximate surface area is 239 Å². The van der Waals surface area contributed by atoms with Gasteiger partial charge in [-0.3, -0.25) is 4.79 Å². The molecular weight excluding hydrogens is 550 g/mol. The Bertz CT molecular complexity index is 1700. The number of hydrogen-bond acceptors (Lipinski definition) is 8. The van der Waals surface area contributed by atoms with Crippen molar-refractivity contribution in [3.05, 3.63) is 76.9 Å². The van der Waals surface area contributed by atoms with Gasteiger partial charge in [0.25, 0.3) is 0 Å². The molecule has 4 aromatic rings. The summed E-state index contributed by atoms with van der Waals surface area (Å²) in [7, 11) is 0. The zero-order valence-corrected chi connectivity index (χ0v) is 23.6. The molecule has 5 rings (SSSR count). The van der Waals surface area contributed by atoms with E-state index in [-0.39, 0.29) is 28.8 Å². The molecule has 0 bridgehead atoms. The lowest BCUT2D eigenvalue weighted by Crippen LogP contribution is -2.54. The molecule has 0 saturated carbocycles. The van der Waals surface area contributed by atoms with Crippen molar-refractivity contribution in [2.75, 3.05) is 30.8 Å². The summed E-state index contributed by atoms with van der Waals surface area (Å²) in [5.41, 5.74) is -0.261. The maximum Gasteiger partial charge on any atom is 0.355 e. The van der Waals surface area contributed by atoms with E-state index in [0.29, 0.717) is 36.8 Å². The first kappa shape index (κ1) is 28.2. The highest BCUT2D eigenvalue weighted by atomic mass is 32.2. The van der Waals surface area contributed by atoms with Crippen LogP contribution in [0.15, 0.2) is 59.0 Å². The van der Waals surface area contributed by atoms with Gasteiger partial charge in [0.1, 0.15) is 28.1 Å². The summed E-state index contributed by atoms with van der Waals surface area (Å²) >= 11 is 1.33. The van der Waals surface area contributed by atoms with E-state index in [1.807, 2.05) is 25.0 Å². The molecule has 1 fully saturated rings. The number of anilines is 1. The normalized spacial score (nSPS) is 15.4. The molecule has 0 radical (unpaired) electrons.